The standard InChI is InChI=1S/C56H63N11O9/c57-55(58)59-25-11-22-45(54(73)74)65-51(70)46(26-35-29-60-41-18-7-4-15-38(35)41)63-49(68)24-23-34-14-10-21-44(50(34)69)64-52(71)47(27-36-30-61-42-19-8-5-16-39(36)42)66-53(72)48(28-37-31-62-43-20-9-6-17-40(37)43)67-56(75)76-32-33-12-2-1-3-13-33/h1-9,12-13,15-20,29-31,34,44-48,60-62H,10-11,14,21-28,32H2,(H,63,68)(H,64,71)(H,65,70)(H,66,72)(H,67,75)(H,73,74)(H4,57,58,59)/t34-,44-,45+,46+,47+,48+/m1/s1. The van der Waals surface area contributed by atoms with Crippen molar-refractivity contribution in [3.05, 3.63) is 144 Å². The summed E-state index contributed by atoms with van der Waals surface area (Å²) in [6.07, 6.45) is 6.14. The molecule has 20 heteroatoms. The van der Waals surface area contributed by atoms with E-state index in [1.165, 1.54) is 0 Å². The van der Waals surface area contributed by atoms with Crippen LogP contribution in [0.4, 0.5) is 4.79 Å². The Balaban J connectivity index is 0.950. The highest BCUT2D eigenvalue weighted by atomic mass is 16.5. The van der Waals surface area contributed by atoms with Gasteiger partial charge in [0.25, 0.3) is 0 Å². The van der Waals surface area contributed by atoms with Gasteiger partial charge in [-0.15, -0.1) is 0 Å². The number of benzene rings is 4. The fourth-order valence-corrected chi connectivity index (χ4v) is 9.81. The molecule has 4 aromatic carbocycles. The highest BCUT2D eigenvalue weighted by Gasteiger charge is 2.36. The van der Waals surface area contributed by atoms with E-state index in [0.717, 1.165) is 55.0 Å². The minimum Gasteiger partial charge on any atom is -0.480 e. The number of fused-ring (bicyclic) bond motifs is 3. The molecule has 6 atom stereocenters. The first-order valence-electron chi connectivity index (χ1n) is 25.4. The number of hydrogen-bond acceptors (Lipinski definition) is 9. The highest BCUT2D eigenvalue weighted by Crippen LogP contribution is 2.27. The maximum Gasteiger partial charge on any atom is 0.408 e. The van der Waals surface area contributed by atoms with Gasteiger partial charge >= 0.3 is 12.1 Å². The number of nitrogens with two attached hydrogens (primary N) is 2. The molecule has 1 saturated carbocycles. The van der Waals surface area contributed by atoms with Crippen molar-refractivity contribution in [1.29, 1.82) is 0 Å². The average molecular weight is 1030 g/mol. The Hall–Kier alpha value is -8.94. The topological polar surface area (TPSA) is 321 Å². The number of ether oxygens (including phenoxy) is 1. The number of aromatic amines is 3. The van der Waals surface area contributed by atoms with Crippen LogP contribution in [0, 0.1) is 5.92 Å². The van der Waals surface area contributed by atoms with Gasteiger partial charge in [-0.2, -0.15) is 0 Å². The Bertz CT molecular complexity index is 3210. The zero-order valence-electron chi connectivity index (χ0n) is 41.8. The summed E-state index contributed by atoms with van der Waals surface area (Å²) in [5, 5.41) is 26.4. The first-order valence-corrected chi connectivity index (χ1v) is 25.4. The number of carbonyl (C=O) groups is 7. The van der Waals surface area contributed by atoms with Crippen LogP contribution in [0.2, 0.25) is 0 Å². The number of nitrogens with zero attached hydrogens (tertiary/aromatic N) is 1. The summed E-state index contributed by atoms with van der Waals surface area (Å²) in [5.74, 6) is -4.81. The lowest BCUT2D eigenvalue weighted by Gasteiger charge is -2.30. The summed E-state index contributed by atoms with van der Waals surface area (Å²) >= 11 is 0. The molecule has 0 bridgehead atoms. The van der Waals surface area contributed by atoms with Gasteiger partial charge in [-0.1, -0.05) is 91.3 Å². The number of guanidine groups is 1. The Labute approximate surface area is 437 Å². The lowest BCUT2D eigenvalue weighted by Crippen LogP contribution is -2.57. The SMILES string of the molecule is NC(N)=NCCC[C@H](NC(=O)[C@H](Cc1c[nH]c2ccccc12)NC(=O)CC[C@H]1CCC[C@@H](NC(=O)[C@H](Cc2c[nH]c3ccccc23)NC(=O)[C@H](Cc2c[nH]c3ccccc23)NC(=O)OCc2ccccc2)C1=O)C(=O)O. The Morgan fingerprint density at radius 2 is 1.13 bits per heavy atom. The third-order valence-corrected chi connectivity index (χ3v) is 13.8. The minimum atomic E-state index is -1.29. The number of hydrogen-bond donors (Lipinski definition) is 11. The number of para-hydroxylation sites is 3. The lowest BCUT2D eigenvalue weighted by molar-refractivity contribution is -0.142. The molecule has 3 aromatic heterocycles. The number of carbonyl (C=O) groups excluding carboxylic acids is 6. The van der Waals surface area contributed by atoms with Gasteiger partial charge in [0.05, 0.1) is 6.04 Å². The van der Waals surface area contributed by atoms with Gasteiger partial charge in [0.15, 0.2) is 11.7 Å². The maximum atomic E-state index is 14.6. The molecular weight excluding hydrogens is 971 g/mol. The summed E-state index contributed by atoms with van der Waals surface area (Å²) in [4.78, 5) is 110. The van der Waals surface area contributed by atoms with Crippen LogP contribution in [0.15, 0.2) is 127 Å². The fourth-order valence-electron chi connectivity index (χ4n) is 9.81. The average Bonchev–Trinajstić information content (AvgIpc) is 4.17. The van der Waals surface area contributed by atoms with E-state index in [-0.39, 0.29) is 69.8 Å². The Morgan fingerprint density at radius 3 is 1.67 bits per heavy atom. The highest BCUT2D eigenvalue weighted by molar-refractivity contribution is 5.97. The second-order valence-electron chi connectivity index (χ2n) is 19.1. The Kier molecular flexibility index (Phi) is 17.8. The van der Waals surface area contributed by atoms with Gasteiger partial charge in [-0.3, -0.25) is 29.0 Å². The van der Waals surface area contributed by atoms with Gasteiger partial charge < -0.3 is 62.8 Å². The van der Waals surface area contributed by atoms with Crippen molar-refractivity contribution in [2.45, 2.75) is 101 Å². The first-order chi connectivity index (χ1) is 36.8. The lowest BCUT2D eigenvalue weighted by atomic mass is 9.81. The van der Waals surface area contributed by atoms with E-state index in [2.05, 4.69) is 46.5 Å². The number of aliphatic imine (C=N–C) groups is 1. The molecule has 7 aromatic rings. The number of amides is 5. The largest absolute Gasteiger partial charge is 0.480 e. The summed E-state index contributed by atoms with van der Waals surface area (Å²) in [6.45, 7) is 0.120. The molecule has 0 radical (unpaired) electrons. The summed E-state index contributed by atoms with van der Waals surface area (Å²) in [6, 6.07) is 25.8. The number of aliphatic carboxylic acids is 1. The van der Waals surface area contributed by atoms with Crippen LogP contribution < -0.4 is 38.1 Å². The van der Waals surface area contributed by atoms with Gasteiger partial charge in [-0.25, -0.2) is 9.59 Å². The normalized spacial score (nSPS) is 16.0. The van der Waals surface area contributed by atoms with Crippen LogP contribution >= 0.6 is 0 Å². The van der Waals surface area contributed by atoms with Crippen molar-refractivity contribution in [2.24, 2.45) is 22.4 Å². The van der Waals surface area contributed by atoms with E-state index in [1.54, 1.807) is 18.6 Å². The number of H-pyrrole nitrogens is 3. The number of carboxylic acid groups (broad SMARTS) is 1. The number of aromatic nitrogens is 3. The monoisotopic (exact) mass is 1030 g/mol. The van der Waals surface area contributed by atoms with Gasteiger partial charge in [-0.05, 0) is 72.6 Å². The first kappa shape index (κ1) is 53.4. The van der Waals surface area contributed by atoms with Gasteiger partial charge in [0.1, 0.15) is 30.8 Å². The third-order valence-electron chi connectivity index (χ3n) is 13.8. The third kappa shape index (κ3) is 14.0. The number of Topliss-reactive ketones (excluding diaryl/α,β-unsaturated/α-hetero) is 1. The van der Waals surface area contributed by atoms with E-state index in [4.69, 9.17) is 16.2 Å². The van der Waals surface area contributed by atoms with Crippen molar-refractivity contribution >= 4 is 80.1 Å². The molecule has 20 nitrogen and oxygen atoms in total. The van der Waals surface area contributed by atoms with Crippen molar-refractivity contribution in [3.63, 3.8) is 0 Å². The summed E-state index contributed by atoms with van der Waals surface area (Å²) in [7, 11) is 0. The summed E-state index contributed by atoms with van der Waals surface area (Å²) in [5.41, 5.74) is 16.2. The molecule has 76 heavy (non-hydrogen) atoms. The van der Waals surface area contributed by atoms with Crippen LogP contribution in [0.25, 0.3) is 32.7 Å². The van der Waals surface area contributed by atoms with Crippen LogP contribution in [0.5, 0.6) is 0 Å². The molecule has 396 valence electrons. The number of alkyl carbamates (subject to hydrolysis) is 1. The zero-order valence-corrected chi connectivity index (χ0v) is 41.8. The number of nitrogens with one attached hydrogen (secondary N) is 8. The second-order valence-corrected chi connectivity index (χ2v) is 19.1. The fraction of sp³-hybridized carbons (Fsp3) is 0.321. The van der Waals surface area contributed by atoms with E-state index >= 15 is 0 Å². The van der Waals surface area contributed by atoms with E-state index in [0.29, 0.717) is 19.3 Å². The van der Waals surface area contributed by atoms with E-state index in [9.17, 15) is 38.7 Å². The molecule has 13 N–H and O–H groups in total. The molecule has 1 fully saturated rings. The second kappa shape index (κ2) is 25.3. The molecular formula is C56H63N11O9. The van der Waals surface area contributed by atoms with Crippen molar-refractivity contribution < 1.29 is 43.4 Å². The smallest absolute Gasteiger partial charge is 0.408 e. The van der Waals surface area contributed by atoms with E-state index in [1.807, 2.05) is 103 Å². The predicted octanol–water partition coefficient (Wildman–Crippen LogP) is 4.68. The molecule has 1 aliphatic carbocycles. The van der Waals surface area contributed by atoms with Crippen molar-refractivity contribution in [3.8, 4) is 0 Å². The van der Waals surface area contributed by atoms with Crippen LogP contribution in [0.1, 0.15) is 67.2 Å². The molecule has 3 heterocycles. The molecule has 0 saturated heterocycles. The quantitative estimate of drug-likeness (QED) is 0.0224. The van der Waals surface area contributed by atoms with Crippen LogP contribution in [-0.4, -0.2) is 104 Å². The molecule has 5 amide bonds. The van der Waals surface area contributed by atoms with Gasteiger partial charge in [0, 0.05) is 89.4 Å². The maximum absolute atomic E-state index is 14.6. The molecule has 1 aliphatic rings. The number of rotatable bonds is 24. The van der Waals surface area contributed by atoms with Gasteiger partial charge in [0.2, 0.25) is 23.6 Å². The van der Waals surface area contributed by atoms with Crippen LogP contribution in [0.3, 0.4) is 0 Å². The molecule has 0 unspecified atom stereocenters. The van der Waals surface area contributed by atoms with Crippen molar-refractivity contribution in [2.75, 3.05) is 6.54 Å². The number of ketones is 1. The predicted molar refractivity (Wildman–Crippen MR) is 286 cm³/mol. The van der Waals surface area contributed by atoms with E-state index < -0.39 is 71.8 Å². The molecule has 8 rings (SSSR count). The number of carboxylic acids is 1. The summed E-state index contributed by atoms with van der Waals surface area (Å²) < 4.78 is 5.53. The molecule has 0 spiro atoms. The van der Waals surface area contributed by atoms with Crippen molar-refractivity contribution in [1.82, 2.24) is 41.5 Å². The van der Waals surface area contributed by atoms with Crippen LogP contribution in [-0.2, 0) is 59.4 Å². The zero-order chi connectivity index (χ0) is 53.6. The Morgan fingerprint density at radius 1 is 0.632 bits per heavy atom. The minimum absolute atomic E-state index is 0.0266. The molecule has 0 aliphatic heterocycles.